The summed E-state index contributed by atoms with van der Waals surface area (Å²) in [7, 11) is 0. The van der Waals surface area contributed by atoms with Crippen molar-refractivity contribution in [2.24, 2.45) is 0 Å². The Labute approximate surface area is 134 Å². The van der Waals surface area contributed by atoms with Gasteiger partial charge in [0.15, 0.2) is 0 Å². The summed E-state index contributed by atoms with van der Waals surface area (Å²) in [4.78, 5) is 2.10. The molecule has 1 aliphatic rings. The second-order valence-electron chi connectivity index (χ2n) is 6.03. The first-order chi connectivity index (χ1) is 10.9. The number of piperazine rings is 1. The van der Waals surface area contributed by atoms with Crippen LogP contribution in [-0.2, 0) is 6.18 Å². The largest absolute Gasteiger partial charge is 0.416 e. The Morgan fingerprint density at radius 1 is 1.17 bits per heavy atom. The number of halogens is 4. The number of hydrogen-bond acceptors (Lipinski definition) is 2. The average molecular weight is 332 g/mol. The highest BCUT2D eigenvalue weighted by Crippen LogP contribution is 2.35. The first-order valence-corrected chi connectivity index (χ1v) is 8.25. The van der Waals surface area contributed by atoms with Gasteiger partial charge in [-0.2, -0.15) is 13.2 Å². The van der Waals surface area contributed by atoms with Crippen molar-refractivity contribution < 1.29 is 17.6 Å². The minimum atomic E-state index is -4.44. The van der Waals surface area contributed by atoms with E-state index in [9.17, 15) is 17.6 Å². The fraction of sp³-hybridized carbons (Fsp3) is 0.647. The molecular weight excluding hydrogens is 308 g/mol. The Morgan fingerprint density at radius 2 is 1.87 bits per heavy atom. The zero-order chi connectivity index (χ0) is 16.9. The van der Waals surface area contributed by atoms with Crippen molar-refractivity contribution in [1.29, 1.82) is 0 Å². The number of alkyl halides is 3. The fourth-order valence-electron chi connectivity index (χ4n) is 3.09. The highest BCUT2D eigenvalue weighted by molar-refractivity contribution is 5.29. The SMILES string of the molecule is CCCCC[C@@H](c1cc(C(F)(F)F)ccc1F)N1CCNCC1. The summed E-state index contributed by atoms with van der Waals surface area (Å²) in [5.41, 5.74) is -0.595. The third kappa shape index (κ3) is 4.91. The molecule has 0 amide bonds. The van der Waals surface area contributed by atoms with E-state index >= 15 is 0 Å². The topological polar surface area (TPSA) is 15.3 Å². The van der Waals surface area contributed by atoms with Gasteiger partial charge in [0.2, 0.25) is 0 Å². The van der Waals surface area contributed by atoms with E-state index in [0.717, 1.165) is 63.6 Å². The maximum Gasteiger partial charge on any atom is 0.416 e. The number of nitrogens with one attached hydrogen (secondary N) is 1. The van der Waals surface area contributed by atoms with Crippen molar-refractivity contribution in [2.75, 3.05) is 26.2 Å². The summed E-state index contributed by atoms with van der Waals surface area (Å²) in [6.45, 7) is 5.10. The molecular formula is C17H24F4N2. The van der Waals surface area contributed by atoms with Crippen LogP contribution in [0.25, 0.3) is 0 Å². The van der Waals surface area contributed by atoms with E-state index in [2.05, 4.69) is 17.1 Å². The number of nitrogens with zero attached hydrogens (tertiary/aromatic N) is 1. The molecule has 1 atom stereocenters. The molecule has 2 rings (SSSR count). The molecule has 0 aromatic heterocycles. The van der Waals surface area contributed by atoms with E-state index in [0.29, 0.717) is 6.42 Å². The van der Waals surface area contributed by atoms with Crippen LogP contribution in [0, 0.1) is 5.82 Å². The summed E-state index contributed by atoms with van der Waals surface area (Å²) >= 11 is 0. The third-order valence-corrected chi connectivity index (χ3v) is 4.36. The van der Waals surface area contributed by atoms with Crippen LogP contribution in [0.2, 0.25) is 0 Å². The van der Waals surface area contributed by atoms with E-state index in [1.54, 1.807) is 0 Å². The molecule has 1 aromatic rings. The molecule has 0 bridgehead atoms. The lowest BCUT2D eigenvalue weighted by atomic mass is 9.96. The first-order valence-electron chi connectivity index (χ1n) is 8.25. The molecule has 0 saturated carbocycles. The molecule has 0 unspecified atom stereocenters. The van der Waals surface area contributed by atoms with Crippen LogP contribution in [0.4, 0.5) is 17.6 Å². The molecule has 23 heavy (non-hydrogen) atoms. The summed E-state index contributed by atoms with van der Waals surface area (Å²) in [5.74, 6) is -0.543. The van der Waals surface area contributed by atoms with Crippen LogP contribution in [0.3, 0.4) is 0 Å². The van der Waals surface area contributed by atoms with Crippen LogP contribution in [0.1, 0.15) is 49.8 Å². The quantitative estimate of drug-likeness (QED) is 0.615. The number of hydrogen-bond donors (Lipinski definition) is 1. The normalized spacial score (nSPS) is 18.1. The van der Waals surface area contributed by atoms with Crippen LogP contribution in [0.15, 0.2) is 18.2 Å². The predicted octanol–water partition coefficient (Wildman–Crippen LogP) is 4.37. The Hall–Kier alpha value is -1.14. The van der Waals surface area contributed by atoms with Gasteiger partial charge in [-0.1, -0.05) is 26.2 Å². The van der Waals surface area contributed by atoms with Crippen LogP contribution in [-0.4, -0.2) is 31.1 Å². The number of benzene rings is 1. The molecule has 0 aliphatic carbocycles. The average Bonchev–Trinajstić information content (AvgIpc) is 2.52. The molecule has 130 valence electrons. The standard InChI is InChI=1S/C17H24F4N2/c1-2-3-4-5-16(23-10-8-22-9-11-23)14-12-13(17(19,20)21)6-7-15(14)18/h6-7,12,16,22H,2-5,8-11H2,1H3/t16-/m0/s1. The van der Waals surface area contributed by atoms with Crippen LogP contribution >= 0.6 is 0 Å². The van der Waals surface area contributed by atoms with Gasteiger partial charge in [0.1, 0.15) is 5.82 Å². The highest BCUT2D eigenvalue weighted by atomic mass is 19.4. The van der Waals surface area contributed by atoms with Crippen molar-refractivity contribution in [3.8, 4) is 0 Å². The molecule has 0 radical (unpaired) electrons. The van der Waals surface area contributed by atoms with Gasteiger partial charge in [-0.25, -0.2) is 4.39 Å². The van der Waals surface area contributed by atoms with Crippen molar-refractivity contribution in [3.05, 3.63) is 35.1 Å². The second kappa shape index (κ2) is 8.11. The molecule has 1 fully saturated rings. The van der Waals surface area contributed by atoms with Crippen molar-refractivity contribution in [1.82, 2.24) is 10.2 Å². The van der Waals surface area contributed by atoms with Gasteiger partial charge in [-0.3, -0.25) is 4.90 Å². The summed E-state index contributed by atoms with van der Waals surface area (Å²) < 4.78 is 53.2. The predicted molar refractivity (Wildman–Crippen MR) is 82.7 cm³/mol. The van der Waals surface area contributed by atoms with Gasteiger partial charge in [0.05, 0.1) is 5.56 Å². The highest BCUT2D eigenvalue weighted by Gasteiger charge is 2.33. The first kappa shape index (κ1) is 18.2. The van der Waals surface area contributed by atoms with Gasteiger partial charge in [-0.05, 0) is 24.6 Å². The summed E-state index contributed by atoms with van der Waals surface area (Å²) in [6, 6.07) is 2.48. The summed E-state index contributed by atoms with van der Waals surface area (Å²) in [5, 5.41) is 3.22. The van der Waals surface area contributed by atoms with E-state index in [4.69, 9.17) is 0 Å². The minimum absolute atomic E-state index is 0.179. The Morgan fingerprint density at radius 3 is 2.48 bits per heavy atom. The van der Waals surface area contributed by atoms with E-state index in [-0.39, 0.29) is 11.6 Å². The zero-order valence-electron chi connectivity index (χ0n) is 13.4. The molecule has 1 heterocycles. The molecule has 1 N–H and O–H groups in total. The zero-order valence-corrected chi connectivity index (χ0v) is 13.4. The van der Waals surface area contributed by atoms with Gasteiger partial charge < -0.3 is 5.32 Å². The third-order valence-electron chi connectivity index (χ3n) is 4.36. The Balaban J connectivity index is 2.29. The number of unbranched alkanes of at least 4 members (excludes halogenated alkanes) is 2. The van der Waals surface area contributed by atoms with Gasteiger partial charge in [0, 0.05) is 37.8 Å². The lowest BCUT2D eigenvalue weighted by molar-refractivity contribution is -0.137. The Kier molecular flexibility index (Phi) is 6.41. The molecule has 0 spiro atoms. The van der Waals surface area contributed by atoms with E-state index in [1.807, 2.05) is 0 Å². The maximum absolute atomic E-state index is 14.3. The van der Waals surface area contributed by atoms with Gasteiger partial charge >= 0.3 is 6.18 Å². The molecule has 1 saturated heterocycles. The van der Waals surface area contributed by atoms with Crippen molar-refractivity contribution in [3.63, 3.8) is 0 Å². The number of rotatable bonds is 6. The van der Waals surface area contributed by atoms with E-state index < -0.39 is 17.6 Å². The van der Waals surface area contributed by atoms with Crippen molar-refractivity contribution in [2.45, 2.75) is 44.8 Å². The Bertz CT molecular complexity index is 496. The monoisotopic (exact) mass is 332 g/mol. The molecule has 1 aromatic carbocycles. The minimum Gasteiger partial charge on any atom is -0.314 e. The van der Waals surface area contributed by atoms with Gasteiger partial charge in [-0.15, -0.1) is 0 Å². The molecule has 6 heteroatoms. The van der Waals surface area contributed by atoms with E-state index in [1.165, 1.54) is 0 Å². The van der Waals surface area contributed by atoms with Crippen molar-refractivity contribution >= 4 is 0 Å². The lowest BCUT2D eigenvalue weighted by Gasteiger charge is -2.35. The fourth-order valence-corrected chi connectivity index (χ4v) is 3.09. The molecule has 1 aliphatic heterocycles. The lowest BCUT2D eigenvalue weighted by Crippen LogP contribution is -2.45. The maximum atomic E-state index is 14.3. The second-order valence-corrected chi connectivity index (χ2v) is 6.03. The summed E-state index contributed by atoms with van der Waals surface area (Å²) in [6.07, 6.45) is -0.838. The van der Waals surface area contributed by atoms with Crippen LogP contribution in [0.5, 0.6) is 0 Å². The molecule has 2 nitrogen and oxygen atoms in total. The smallest absolute Gasteiger partial charge is 0.314 e. The van der Waals surface area contributed by atoms with Crippen LogP contribution < -0.4 is 5.32 Å². The van der Waals surface area contributed by atoms with Gasteiger partial charge in [0.25, 0.3) is 0 Å².